The Hall–Kier alpha value is -2.14. The first-order chi connectivity index (χ1) is 11.8. The predicted molar refractivity (Wildman–Crippen MR) is 93.9 cm³/mol. The molecule has 1 aromatic heterocycles. The number of benzene rings is 1. The van der Waals surface area contributed by atoms with Gasteiger partial charge >= 0.3 is 0 Å². The highest BCUT2D eigenvalue weighted by Crippen LogP contribution is 2.31. The zero-order valence-electron chi connectivity index (χ0n) is 14.1. The van der Waals surface area contributed by atoms with Crippen LogP contribution in [0.15, 0.2) is 36.5 Å². The predicted octanol–water partition coefficient (Wildman–Crippen LogP) is 2.68. The lowest BCUT2D eigenvalue weighted by Crippen LogP contribution is -2.41. The monoisotopic (exact) mass is 324 g/mol. The Morgan fingerprint density at radius 1 is 1.21 bits per heavy atom. The Labute approximate surface area is 142 Å². The maximum Gasteiger partial charge on any atom is 0.244 e. The molecule has 0 radical (unpaired) electrons. The topological polar surface area (TPSA) is 50.2 Å². The zero-order chi connectivity index (χ0) is 16.5. The molecule has 1 aromatic carbocycles. The van der Waals surface area contributed by atoms with Crippen LogP contribution in [0.3, 0.4) is 0 Å². The molecule has 24 heavy (non-hydrogen) atoms. The lowest BCUT2D eigenvalue weighted by atomic mass is 9.92. The second kappa shape index (κ2) is 6.40. The Morgan fingerprint density at radius 2 is 2.04 bits per heavy atom. The van der Waals surface area contributed by atoms with Gasteiger partial charge in [-0.25, -0.2) is 0 Å². The number of amides is 1. The van der Waals surface area contributed by atoms with Crippen LogP contribution in [0, 0.1) is 0 Å². The summed E-state index contributed by atoms with van der Waals surface area (Å²) in [5.74, 6) is 0.191. The van der Waals surface area contributed by atoms with E-state index in [9.17, 15) is 4.79 Å². The number of anilines is 1. The SMILES string of the molecule is CCn1ncc2c1CCC[C@@H]2N[C@@H]1CCN(c2ccccc2)C1=O. The van der Waals surface area contributed by atoms with Gasteiger partial charge in [0.15, 0.2) is 0 Å². The molecule has 2 aliphatic rings. The number of para-hydroxylation sites is 1. The molecule has 1 aliphatic heterocycles. The van der Waals surface area contributed by atoms with Crippen molar-refractivity contribution in [2.24, 2.45) is 0 Å². The highest BCUT2D eigenvalue weighted by atomic mass is 16.2. The molecule has 0 bridgehead atoms. The van der Waals surface area contributed by atoms with Crippen LogP contribution in [0.25, 0.3) is 0 Å². The van der Waals surface area contributed by atoms with Gasteiger partial charge in [-0.05, 0) is 44.7 Å². The molecule has 0 spiro atoms. The van der Waals surface area contributed by atoms with Crippen LogP contribution in [0.1, 0.15) is 43.5 Å². The van der Waals surface area contributed by atoms with E-state index >= 15 is 0 Å². The zero-order valence-corrected chi connectivity index (χ0v) is 14.1. The van der Waals surface area contributed by atoms with Crippen LogP contribution in [0.2, 0.25) is 0 Å². The van der Waals surface area contributed by atoms with Gasteiger partial charge in [0.25, 0.3) is 0 Å². The molecule has 0 unspecified atom stereocenters. The van der Waals surface area contributed by atoms with Gasteiger partial charge in [0.1, 0.15) is 0 Å². The van der Waals surface area contributed by atoms with Crippen LogP contribution < -0.4 is 10.2 Å². The van der Waals surface area contributed by atoms with Crippen molar-refractivity contribution in [2.75, 3.05) is 11.4 Å². The normalized spacial score (nSPS) is 23.5. The van der Waals surface area contributed by atoms with E-state index in [0.29, 0.717) is 0 Å². The first-order valence-electron chi connectivity index (χ1n) is 8.95. The number of carbonyl (C=O) groups is 1. The van der Waals surface area contributed by atoms with E-state index in [1.165, 1.54) is 11.3 Å². The fourth-order valence-corrected chi connectivity index (χ4v) is 4.01. The van der Waals surface area contributed by atoms with Gasteiger partial charge in [-0.15, -0.1) is 0 Å². The number of carbonyl (C=O) groups excluding carboxylic acids is 1. The van der Waals surface area contributed by atoms with Crippen LogP contribution in [0.4, 0.5) is 5.69 Å². The minimum Gasteiger partial charge on any atom is -0.311 e. The highest BCUT2D eigenvalue weighted by molar-refractivity contribution is 5.99. The largest absolute Gasteiger partial charge is 0.311 e. The molecule has 0 saturated carbocycles. The second-order valence-corrected chi connectivity index (χ2v) is 6.64. The van der Waals surface area contributed by atoms with Crippen molar-refractivity contribution in [2.45, 2.75) is 51.2 Å². The summed E-state index contributed by atoms with van der Waals surface area (Å²) in [6.45, 7) is 3.82. The third-order valence-electron chi connectivity index (χ3n) is 5.24. The molecule has 1 aliphatic carbocycles. The van der Waals surface area contributed by atoms with E-state index in [1.807, 2.05) is 41.4 Å². The molecular formula is C19H24N4O. The first kappa shape index (κ1) is 15.4. The van der Waals surface area contributed by atoms with E-state index in [1.54, 1.807) is 0 Å². The standard InChI is InChI=1S/C19H24N4O/c1-2-23-18-10-6-9-16(15(18)13-20-23)21-17-11-12-22(19(17)24)14-7-4-3-5-8-14/h3-5,7-8,13,16-17,21H,2,6,9-12H2,1H3/t16-,17+/m0/s1. The molecule has 1 saturated heterocycles. The number of hydrogen-bond acceptors (Lipinski definition) is 3. The quantitative estimate of drug-likeness (QED) is 0.941. The summed E-state index contributed by atoms with van der Waals surface area (Å²) in [5, 5.41) is 8.12. The van der Waals surface area contributed by atoms with Crippen LogP contribution in [-0.2, 0) is 17.8 Å². The smallest absolute Gasteiger partial charge is 0.244 e. The molecule has 2 aromatic rings. The first-order valence-corrected chi connectivity index (χ1v) is 8.95. The van der Waals surface area contributed by atoms with Gasteiger partial charge in [-0.2, -0.15) is 5.10 Å². The summed E-state index contributed by atoms with van der Waals surface area (Å²) >= 11 is 0. The van der Waals surface area contributed by atoms with Gasteiger partial charge in [0.2, 0.25) is 5.91 Å². The summed E-state index contributed by atoms with van der Waals surface area (Å²) in [4.78, 5) is 14.7. The number of nitrogens with zero attached hydrogens (tertiary/aromatic N) is 3. The molecule has 2 atom stereocenters. The van der Waals surface area contributed by atoms with Gasteiger partial charge in [-0.3, -0.25) is 14.8 Å². The molecule has 5 heteroatoms. The summed E-state index contributed by atoms with van der Waals surface area (Å²) in [6, 6.07) is 10.1. The molecule has 2 heterocycles. The van der Waals surface area contributed by atoms with Gasteiger partial charge in [-0.1, -0.05) is 18.2 Å². The summed E-state index contributed by atoms with van der Waals surface area (Å²) < 4.78 is 2.09. The van der Waals surface area contributed by atoms with E-state index in [4.69, 9.17) is 0 Å². The van der Waals surface area contributed by atoms with Gasteiger partial charge in [0.05, 0.1) is 12.2 Å². The lowest BCUT2D eigenvalue weighted by molar-refractivity contribution is -0.119. The maximum absolute atomic E-state index is 12.8. The molecule has 4 rings (SSSR count). The Bertz CT molecular complexity index is 724. The molecule has 1 fully saturated rings. The van der Waals surface area contributed by atoms with Crippen molar-refractivity contribution >= 4 is 11.6 Å². The van der Waals surface area contributed by atoms with Crippen LogP contribution in [-0.4, -0.2) is 28.3 Å². The minimum absolute atomic E-state index is 0.0915. The molecule has 1 N–H and O–H groups in total. The molecule has 126 valence electrons. The average molecular weight is 324 g/mol. The van der Waals surface area contributed by atoms with Crippen molar-refractivity contribution in [3.05, 3.63) is 47.8 Å². The molecule has 1 amide bonds. The van der Waals surface area contributed by atoms with E-state index in [2.05, 4.69) is 22.0 Å². The third-order valence-corrected chi connectivity index (χ3v) is 5.24. The van der Waals surface area contributed by atoms with Crippen LogP contribution in [0.5, 0.6) is 0 Å². The summed E-state index contributed by atoms with van der Waals surface area (Å²) in [6.07, 6.45) is 6.18. The van der Waals surface area contributed by atoms with Crippen molar-refractivity contribution in [3.63, 3.8) is 0 Å². The number of aromatic nitrogens is 2. The van der Waals surface area contributed by atoms with Crippen molar-refractivity contribution in [1.29, 1.82) is 0 Å². The second-order valence-electron chi connectivity index (χ2n) is 6.64. The Morgan fingerprint density at radius 3 is 2.83 bits per heavy atom. The molecule has 5 nitrogen and oxygen atoms in total. The van der Waals surface area contributed by atoms with Crippen molar-refractivity contribution in [1.82, 2.24) is 15.1 Å². The summed E-state index contributed by atoms with van der Waals surface area (Å²) in [7, 11) is 0. The minimum atomic E-state index is -0.0915. The van der Waals surface area contributed by atoms with E-state index in [-0.39, 0.29) is 18.0 Å². The summed E-state index contributed by atoms with van der Waals surface area (Å²) in [5.41, 5.74) is 3.62. The third kappa shape index (κ3) is 2.63. The fraction of sp³-hybridized carbons (Fsp3) is 0.474. The van der Waals surface area contributed by atoms with Crippen molar-refractivity contribution in [3.8, 4) is 0 Å². The lowest BCUT2D eigenvalue weighted by Gasteiger charge is -2.27. The number of hydrogen-bond donors (Lipinski definition) is 1. The van der Waals surface area contributed by atoms with E-state index < -0.39 is 0 Å². The van der Waals surface area contributed by atoms with Crippen LogP contribution >= 0.6 is 0 Å². The highest BCUT2D eigenvalue weighted by Gasteiger charge is 2.35. The number of aryl methyl sites for hydroxylation is 1. The van der Waals surface area contributed by atoms with Gasteiger partial charge in [0, 0.05) is 36.1 Å². The van der Waals surface area contributed by atoms with E-state index in [0.717, 1.165) is 44.5 Å². The average Bonchev–Trinajstić information content (AvgIpc) is 3.20. The van der Waals surface area contributed by atoms with Gasteiger partial charge < -0.3 is 4.90 Å². The maximum atomic E-state index is 12.8. The van der Waals surface area contributed by atoms with Crippen molar-refractivity contribution < 1.29 is 4.79 Å². The number of fused-ring (bicyclic) bond motifs is 1. The Kier molecular flexibility index (Phi) is 4.10. The number of rotatable bonds is 4. The fourth-order valence-electron chi connectivity index (χ4n) is 4.01. The molecular weight excluding hydrogens is 300 g/mol. The number of nitrogens with one attached hydrogen (secondary N) is 1. The Balaban J connectivity index is 1.49.